The van der Waals surface area contributed by atoms with Gasteiger partial charge in [0.05, 0.1) is 12.3 Å². The quantitative estimate of drug-likeness (QED) is 0.765. The van der Waals surface area contributed by atoms with Crippen molar-refractivity contribution in [1.29, 1.82) is 0 Å². The molecule has 2 heterocycles. The fraction of sp³-hybridized carbons (Fsp3) is 0.727. The lowest BCUT2D eigenvalue weighted by atomic mass is 9.91. The van der Waals surface area contributed by atoms with E-state index in [4.69, 9.17) is 10.7 Å². The van der Waals surface area contributed by atoms with Crippen molar-refractivity contribution in [3.8, 4) is 0 Å². The largest absolute Gasteiger partial charge is 0.335 e. The highest BCUT2D eigenvalue weighted by Gasteiger charge is 2.26. The Hall–Kier alpha value is -0.870. The lowest BCUT2D eigenvalue weighted by molar-refractivity contribution is 0.0950. The van der Waals surface area contributed by atoms with Gasteiger partial charge in [-0.2, -0.15) is 0 Å². The predicted molar refractivity (Wildman–Crippen MR) is 58.3 cm³/mol. The Morgan fingerprint density at radius 1 is 1.53 bits per heavy atom. The highest BCUT2D eigenvalue weighted by Crippen LogP contribution is 2.24. The summed E-state index contributed by atoms with van der Waals surface area (Å²) in [5.41, 5.74) is 0.990. The molecule has 0 amide bonds. The van der Waals surface area contributed by atoms with Crippen LogP contribution in [0.2, 0.25) is 0 Å². The third-order valence-electron chi connectivity index (χ3n) is 3.05. The summed E-state index contributed by atoms with van der Waals surface area (Å²) in [6, 6.07) is 0. The van der Waals surface area contributed by atoms with Gasteiger partial charge in [0, 0.05) is 24.6 Å². The lowest BCUT2D eigenvalue weighted by Gasteiger charge is -2.20. The molecule has 0 atom stereocenters. The summed E-state index contributed by atoms with van der Waals surface area (Å²) in [4.78, 5) is 9.41. The van der Waals surface area contributed by atoms with Gasteiger partial charge in [-0.3, -0.25) is 0 Å². The number of aromatic nitrogens is 2. The van der Waals surface area contributed by atoms with Crippen LogP contribution in [0, 0.1) is 0 Å². The Bertz CT molecular complexity index is 320. The van der Waals surface area contributed by atoms with Crippen LogP contribution in [0.4, 0.5) is 0 Å². The van der Waals surface area contributed by atoms with Crippen LogP contribution in [0.25, 0.3) is 0 Å². The standard InChI is InChI=1S/C11H19N3O/c1-11(2,8-15-12)9-7-14-6-4-3-5-10(14)13-9/h7H,3-6,8,12H2,1-2H3. The monoisotopic (exact) mass is 209 g/mol. The van der Waals surface area contributed by atoms with Gasteiger partial charge in [-0.25, -0.2) is 10.9 Å². The number of hydrogen-bond acceptors (Lipinski definition) is 3. The number of imidazole rings is 1. The van der Waals surface area contributed by atoms with Crippen LogP contribution in [0.5, 0.6) is 0 Å². The maximum atomic E-state index is 5.14. The molecule has 0 bridgehead atoms. The number of fused-ring (bicyclic) bond motifs is 1. The van der Waals surface area contributed by atoms with Crippen LogP contribution < -0.4 is 5.90 Å². The molecule has 0 radical (unpaired) electrons. The molecule has 0 unspecified atom stereocenters. The maximum Gasteiger partial charge on any atom is 0.108 e. The highest BCUT2D eigenvalue weighted by atomic mass is 16.6. The first-order valence-electron chi connectivity index (χ1n) is 5.52. The van der Waals surface area contributed by atoms with E-state index in [-0.39, 0.29) is 5.41 Å². The van der Waals surface area contributed by atoms with E-state index in [1.165, 1.54) is 18.7 Å². The Morgan fingerprint density at radius 2 is 2.33 bits per heavy atom. The fourth-order valence-electron chi connectivity index (χ4n) is 2.02. The smallest absolute Gasteiger partial charge is 0.108 e. The van der Waals surface area contributed by atoms with E-state index in [9.17, 15) is 0 Å². The molecule has 0 saturated carbocycles. The number of hydrogen-bond donors (Lipinski definition) is 1. The fourth-order valence-corrected chi connectivity index (χ4v) is 2.02. The second-order valence-electron chi connectivity index (χ2n) is 4.89. The minimum absolute atomic E-state index is 0.0981. The molecular weight excluding hydrogens is 190 g/mol. The predicted octanol–water partition coefficient (Wildman–Crippen LogP) is 1.39. The van der Waals surface area contributed by atoms with Gasteiger partial charge in [0.1, 0.15) is 5.82 Å². The van der Waals surface area contributed by atoms with Gasteiger partial charge in [0.2, 0.25) is 0 Å². The van der Waals surface area contributed by atoms with E-state index in [0.717, 1.165) is 18.7 Å². The number of nitrogens with two attached hydrogens (primary N) is 1. The summed E-state index contributed by atoms with van der Waals surface area (Å²) in [6.45, 7) is 5.81. The Kier molecular flexibility index (Phi) is 2.80. The van der Waals surface area contributed by atoms with Crippen LogP contribution in [0.1, 0.15) is 38.2 Å². The van der Waals surface area contributed by atoms with Crippen LogP contribution >= 0.6 is 0 Å². The SMILES string of the molecule is CC(C)(CON)c1cn2c(n1)CCCC2. The van der Waals surface area contributed by atoms with Crippen LogP contribution in [-0.4, -0.2) is 16.2 Å². The first kappa shape index (κ1) is 10.6. The number of rotatable bonds is 3. The minimum Gasteiger partial charge on any atom is -0.335 e. The van der Waals surface area contributed by atoms with E-state index in [1.54, 1.807) is 0 Å². The second-order valence-corrected chi connectivity index (χ2v) is 4.89. The van der Waals surface area contributed by atoms with E-state index in [2.05, 4.69) is 29.6 Å². The average Bonchev–Trinajstić information content (AvgIpc) is 2.61. The van der Waals surface area contributed by atoms with Crippen molar-refractivity contribution in [1.82, 2.24) is 9.55 Å². The average molecular weight is 209 g/mol. The van der Waals surface area contributed by atoms with Crippen molar-refractivity contribution in [3.05, 3.63) is 17.7 Å². The van der Waals surface area contributed by atoms with Gasteiger partial charge in [-0.1, -0.05) is 13.8 Å². The van der Waals surface area contributed by atoms with Crippen molar-refractivity contribution in [2.45, 2.75) is 45.1 Å². The van der Waals surface area contributed by atoms with E-state index in [0.29, 0.717) is 6.61 Å². The van der Waals surface area contributed by atoms with Crippen LogP contribution in [0.3, 0.4) is 0 Å². The van der Waals surface area contributed by atoms with Crippen molar-refractivity contribution >= 4 is 0 Å². The summed E-state index contributed by atoms with van der Waals surface area (Å²) in [6.07, 6.45) is 5.76. The van der Waals surface area contributed by atoms with Crippen molar-refractivity contribution in [2.24, 2.45) is 5.90 Å². The van der Waals surface area contributed by atoms with Gasteiger partial charge < -0.3 is 9.40 Å². The zero-order valence-corrected chi connectivity index (χ0v) is 9.49. The van der Waals surface area contributed by atoms with E-state index >= 15 is 0 Å². The number of nitrogens with zero attached hydrogens (tertiary/aromatic N) is 2. The van der Waals surface area contributed by atoms with Gasteiger partial charge in [0.25, 0.3) is 0 Å². The van der Waals surface area contributed by atoms with E-state index in [1.807, 2.05) is 0 Å². The molecule has 15 heavy (non-hydrogen) atoms. The highest BCUT2D eigenvalue weighted by molar-refractivity contribution is 5.15. The summed E-state index contributed by atoms with van der Waals surface area (Å²) in [7, 11) is 0. The molecule has 1 aromatic heterocycles. The normalized spacial score (nSPS) is 16.5. The molecule has 2 N–H and O–H groups in total. The Morgan fingerprint density at radius 3 is 3.00 bits per heavy atom. The van der Waals surface area contributed by atoms with Gasteiger partial charge in [-0.15, -0.1) is 0 Å². The molecule has 4 nitrogen and oxygen atoms in total. The third-order valence-corrected chi connectivity index (χ3v) is 3.05. The minimum atomic E-state index is -0.0981. The van der Waals surface area contributed by atoms with Crippen LogP contribution in [-0.2, 0) is 23.2 Å². The summed E-state index contributed by atoms with van der Waals surface area (Å²) in [5.74, 6) is 6.35. The lowest BCUT2D eigenvalue weighted by Crippen LogP contribution is -2.26. The second kappa shape index (κ2) is 3.94. The first-order chi connectivity index (χ1) is 7.13. The number of aryl methyl sites for hydroxylation is 2. The molecule has 0 spiro atoms. The molecule has 1 aliphatic heterocycles. The molecule has 0 aliphatic carbocycles. The van der Waals surface area contributed by atoms with Crippen molar-refractivity contribution < 1.29 is 4.84 Å². The summed E-state index contributed by atoms with van der Waals surface area (Å²) >= 11 is 0. The third kappa shape index (κ3) is 2.06. The zero-order chi connectivity index (χ0) is 10.9. The van der Waals surface area contributed by atoms with Crippen LogP contribution in [0.15, 0.2) is 6.20 Å². The summed E-state index contributed by atoms with van der Waals surface area (Å²) < 4.78 is 2.26. The van der Waals surface area contributed by atoms with Gasteiger partial charge >= 0.3 is 0 Å². The van der Waals surface area contributed by atoms with E-state index < -0.39 is 0 Å². The topological polar surface area (TPSA) is 53.1 Å². The van der Waals surface area contributed by atoms with Crippen molar-refractivity contribution in [3.63, 3.8) is 0 Å². The zero-order valence-electron chi connectivity index (χ0n) is 9.49. The molecule has 0 aromatic carbocycles. The molecule has 0 saturated heterocycles. The van der Waals surface area contributed by atoms with Crippen molar-refractivity contribution in [2.75, 3.05) is 6.61 Å². The van der Waals surface area contributed by atoms with Gasteiger partial charge in [-0.05, 0) is 12.8 Å². The Balaban J connectivity index is 2.25. The van der Waals surface area contributed by atoms with Gasteiger partial charge in [0.15, 0.2) is 0 Å². The molecule has 84 valence electrons. The maximum absolute atomic E-state index is 5.14. The molecule has 4 heteroatoms. The molecule has 0 fully saturated rings. The Labute approximate surface area is 90.4 Å². The molecule has 1 aromatic rings. The molecule has 1 aliphatic rings. The molecule has 2 rings (SSSR count). The summed E-state index contributed by atoms with van der Waals surface area (Å²) in [5, 5.41) is 0. The molecular formula is C11H19N3O. The first-order valence-corrected chi connectivity index (χ1v) is 5.52.